The van der Waals surface area contributed by atoms with Gasteiger partial charge in [-0.25, -0.2) is 4.39 Å². The molecule has 2 rings (SSSR count). The van der Waals surface area contributed by atoms with Crippen molar-refractivity contribution in [1.82, 2.24) is 4.90 Å². The second kappa shape index (κ2) is 6.30. The number of ketones is 1. The molecule has 1 N–H and O–H groups in total. The molecule has 0 saturated carbocycles. The number of amides is 1. The summed E-state index contributed by atoms with van der Waals surface area (Å²) in [7, 11) is 0. The topological polar surface area (TPSA) is 57.6 Å². The molecular formula is C17H20FNO3. The Bertz CT molecular complexity index is 619. The van der Waals surface area contributed by atoms with Crippen molar-refractivity contribution in [3.05, 3.63) is 47.0 Å². The normalized spacial score (nSPS) is 18.5. The first-order chi connectivity index (χ1) is 10.3. The molecule has 1 aromatic rings. The highest BCUT2D eigenvalue weighted by atomic mass is 19.1. The maximum absolute atomic E-state index is 13.0. The minimum atomic E-state index is -0.503. The zero-order valence-electron chi connectivity index (χ0n) is 13.0. The number of benzene rings is 1. The highest BCUT2D eigenvalue weighted by Crippen LogP contribution is 2.30. The lowest BCUT2D eigenvalue weighted by Crippen LogP contribution is -2.36. The average Bonchev–Trinajstić information content (AvgIpc) is 2.65. The van der Waals surface area contributed by atoms with E-state index in [9.17, 15) is 19.1 Å². The van der Waals surface area contributed by atoms with Gasteiger partial charge >= 0.3 is 0 Å². The van der Waals surface area contributed by atoms with Crippen molar-refractivity contribution < 1.29 is 19.1 Å². The fraction of sp³-hybridized carbons (Fsp3) is 0.412. The first-order valence-corrected chi connectivity index (χ1v) is 7.30. The third-order valence-electron chi connectivity index (χ3n) is 3.74. The SMILES string of the molecule is CC(=O)C1=C(O)[C@@H](CC(C)C)N(Cc2ccc(F)cc2)C1=O. The third kappa shape index (κ3) is 3.18. The van der Waals surface area contributed by atoms with Crippen LogP contribution in [0.2, 0.25) is 0 Å². The number of carbonyl (C=O) groups is 2. The number of aliphatic hydroxyl groups is 1. The lowest BCUT2D eigenvalue weighted by atomic mass is 10.0. The van der Waals surface area contributed by atoms with E-state index in [1.165, 1.54) is 24.0 Å². The molecule has 118 valence electrons. The molecule has 4 nitrogen and oxygen atoms in total. The Labute approximate surface area is 129 Å². The van der Waals surface area contributed by atoms with Gasteiger partial charge in [-0.2, -0.15) is 0 Å². The van der Waals surface area contributed by atoms with Gasteiger partial charge in [-0.15, -0.1) is 0 Å². The summed E-state index contributed by atoms with van der Waals surface area (Å²) in [4.78, 5) is 25.5. The molecule has 0 saturated heterocycles. The largest absolute Gasteiger partial charge is 0.509 e. The smallest absolute Gasteiger partial charge is 0.261 e. The summed E-state index contributed by atoms with van der Waals surface area (Å²) in [6, 6.07) is 5.34. The van der Waals surface area contributed by atoms with Crippen LogP contribution in [-0.2, 0) is 16.1 Å². The average molecular weight is 305 g/mol. The van der Waals surface area contributed by atoms with E-state index < -0.39 is 17.7 Å². The highest BCUT2D eigenvalue weighted by molar-refractivity contribution is 6.20. The second-order valence-corrected chi connectivity index (χ2v) is 6.02. The molecule has 1 atom stereocenters. The standard InChI is InChI=1S/C17H20FNO3/c1-10(2)8-14-16(21)15(11(3)20)17(22)19(14)9-12-4-6-13(18)7-5-12/h4-7,10,14,21H,8-9H2,1-3H3/t14-/m1/s1. The molecule has 1 heterocycles. The van der Waals surface area contributed by atoms with Crippen molar-refractivity contribution in [2.75, 3.05) is 0 Å². The molecule has 1 aliphatic heterocycles. The van der Waals surface area contributed by atoms with Crippen molar-refractivity contribution >= 4 is 11.7 Å². The Morgan fingerprint density at radius 2 is 1.91 bits per heavy atom. The number of carbonyl (C=O) groups excluding carboxylic acids is 2. The third-order valence-corrected chi connectivity index (χ3v) is 3.74. The Morgan fingerprint density at radius 3 is 2.41 bits per heavy atom. The highest BCUT2D eigenvalue weighted by Gasteiger charge is 2.41. The molecule has 5 heteroatoms. The first-order valence-electron chi connectivity index (χ1n) is 7.30. The predicted molar refractivity (Wildman–Crippen MR) is 80.5 cm³/mol. The van der Waals surface area contributed by atoms with Crippen LogP contribution < -0.4 is 0 Å². The summed E-state index contributed by atoms with van der Waals surface area (Å²) in [5, 5.41) is 10.3. The molecule has 0 spiro atoms. The maximum atomic E-state index is 13.0. The second-order valence-electron chi connectivity index (χ2n) is 6.02. The van der Waals surface area contributed by atoms with Crippen molar-refractivity contribution in [1.29, 1.82) is 0 Å². The Balaban J connectivity index is 2.30. The lowest BCUT2D eigenvalue weighted by Gasteiger charge is -2.26. The Kier molecular flexibility index (Phi) is 4.64. The molecular weight excluding hydrogens is 285 g/mol. The van der Waals surface area contributed by atoms with Crippen LogP contribution in [0.1, 0.15) is 32.8 Å². The molecule has 0 bridgehead atoms. The Morgan fingerprint density at radius 1 is 1.32 bits per heavy atom. The van der Waals surface area contributed by atoms with E-state index >= 15 is 0 Å². The molecule has 1 aromatic carbocycles. The van der Waals surface area contributed by atoms with Gasteiger partial charge in [-0.3, -0.25) is 9.59 Å². The number of hydrogen-bond acceptors (Lipinski definition) is 3. The molecule has 0 unspecified atom stereocenters. The number of hydrogen-bond donors (Lipinski definition) is 1. The van der Waals surface area contributed by atoms with Gasteiger partial charge < -0.3 is 10.0 Å². The fourth-order valence-electron chi connectivity index (χ4n) is 2.69. The van der Waals surface area contributed by atoms with E-state index in [1.807, 2.05) is 13.8 Å². The van der Waals surface area contributed by atoms with E-state index in [4.69, 9.17) is 0 Å². The summed E-state index contributed by atoms with van der Waals surface area (Å²) in [6.07, 6.45) is 0.565. The van der Waals surface area contributed by atoms with Crippen LogP contribution in [0.25, 0.3) is 0 Å². The molecule has 0 radical (unpaired) electrons. The van der Waals surface area contributed by atoms with Gasteiger partial charge in [0.2, 0.25) is 0 Å². The summed E-state index contributed by atoms with van der Waals surface area (Å²) in [5.41, 5.74) is 0.619. The van der Waals surface area contributed by atoms with Gasteiger partial charge in [0.05, 0.1) is 6.04 Å². The van der Waals surface area contributed by atoms with E-state index in [0.717, 1.165) is 5.56 Å². The van der Waals surface area contributed by atoms with Crippen LogP contribution in [0.5, 0.6) is 0 Å². The van der Waals surface area contributed by atoms with Crippen molar-refractivity contribution in [2.24, 2.45) is 5.92 Å². The summed E-state index contributed by atoms with van der Waals surface area (Å²) in [5.74, 6) is -1.13. The monoisotopic (exact) mass is 305 g/mol. The minimum Gasteiger partial charge on any atom is -0.509 e. The van der Waals surface area contributed by atoms with Gasteiger partial charge in [0, 0.05) is 6.54 Å². The molecule has 0 fully saturated rings. The zero-order valence-corrected chi connectivity index (χ0v) is 13.0. The minimum absolute atomic E-state index is 0.132. The maximum Gasteiger partial charge on any atom is 0.261 e. The van der Waals surface area contributed by atoms with Crippen LogP contribution in [0.3, 0.4) is 0 Å². The number of aliphatic hydroxyl groups excluding tert-OH is 1. The van der Waals surface area contributed by atoms with Gasteiger partial charge in [0.25, 0.3) is 5.91 Å². The molecule has 0 aromatic heterocycles. The predicted octanol–water partition coefficient (Wildman–Crippen LogP) is 2.98. The Hall–Kier alpha value is -2.17. The van der Waals surface area contributed by atoms with Gasteiger partial charge in [-0.05, 0) is 37.0 Å². The fourth-order valence-corrected chi connectivity index (χ4v) is 2.69. The number of Topliss-reactive ketones (excluding diaryl/α,β-unsaturated/α-hetero) is 1. The molecule has 22 heavy (non-hydrogen) atoms. The van der Waals surface area contributed by atoms with E-state index in [-0.39, 0.29) is 29.6 Å². The van der Waals surface area contributed by atoms with Crippen LogP contribution in [0.15, 0.2) is 35.6 Å². The zero-order chi connectivity index (χ0) is 16.4. The van der Waals surface area contributed by atoms with Crippen LogP contribution in [0, 0.1) is 11.7 Å². The molecule has 0 aliphatic carbocycles. The van der Waals surface area contributed by atoms with E-state index in [1.54, 1.807) is 12.1 Å². The van der Waals surface area contributed by atoms with Crippen molar-refractivity contribution in [3.63, 3.8) is 0 Å². The number of nitrogens with zero attached hydrogens (tertiary/aromatic N) is 1. The molecule has 1 aliphatic rings. The number of halogens is 1. The quantitative estimate of drug-likeness (QED) is 0.851. The van der Waals surface area contributed by atoms with Crippen LogP contribution >= 0.6 is 0 Å². The van der Waals surface area contributed by atoms with Gasteiger partial charge in [0.1, 0.15) is 17.1 Å². The summed E-state index contributed by atoms with van der Waals surface area (Å²) < 4.78 is 13.0. The van der Waals surface area contributed by atoms with Crippen LogP contribution in [0.4, 0.5) is 4.39 Å². The van der Waals surface area contributed by atoms with Crippen molar-refractivity contribution in [3.8, 4) is 0 Å². The van der Waals surface area contributed by atoms with E-state index in [0.29, 0.717) is 6.42 Å². The van der Waals surface area contributed by atoms with Crippen LogP contribution in [-0.4, -0.2) is 27.7 Å². The van der Waals surface area contributed by atoms with Crippen molar-refractivity contribution in [2.45, 2.75) is 39.8 Å². The molecule has 1 amide bonds. The summed E-state index contributed by atoms with van der Waals surface area (Å²) >= 11 is 0. The lowest BCUT2D eigenvalue weighted by molar-refractivity contribution is -0.129. The van der Waals surface area contributed by atoms with E-state index in [2.05, 4.69) is 0 Å². The van der Waals surface area contributed by atoms with Gasteiger partial charge in [-0.1, -0.05) is 26.0 Å². The number of rotatable bonds is 5. The first kappa shape index (κ1) is 16.2. The summed E-state index contributed by atoms with van der Waals surface area (Å²) in [6.45, 7) is 5.48. The van der Waals surface area contributed by atoms with Gasteiger partial charge in [0.15, 0.2) is 5.78 Å².